The van der Waals surface area contributed by atoms with Crippen molar-refractivity contribution in [3.63, 3.8) is 0 Å². The third kappa shape index (κ3) is 3.93. The van der Waals surface area contributed by atoms with Gasteiger partial charge in [0.25, 0.3) is 0 Å². The molecule has 2 aromatic carbocycles. The number of benzene rings is 2. The monoisotopic (exact) mass is 382 g/mol. The molecule has 2 nitrogen and oxygen atoms in total. The predicted octanol–water partition coefficient (Wildman–Crippen LogP) is 4.62. The molecular formula is C15H8ClF5O2S. The summed E-state index contributed by atoms with van der Waals surface area (Å²) in [5.41, 5.74) is -0.993. The lowest BCUT2D eigenvalue weighted by Gasteiger charge is -2.07. The number of halogens is 6. The summed E-state index contributed by atoms with van der Waals surface area (Å²) in [4.78, 5) is 0. The van der Waals surface area contributed by atoms with Gasteiger partial charge in [0.05, 0.1) is 5.75 Å². The average Bonchev–Trinajstić information content (AvgIpc) is 2.55. The molecule has 128 valence electrons. The first-order valence-corrected chi connectivity index (χ1v) is 8.38. The largest absolute Gasteiger partial charge is 0.224 e. The van der Waals surface area contributed by atoms with Crippen LogP contribution >= 0.6 is 11.6 Å². The van der Waals surface area contributed by atoms with Gasteiger partial charge in [0.1, 0.15) is 0 Å². The molecule has 0 saturated carbocycles. The van der Waals surface area contributed by atoms with Crippen molar-refractivity contribution in [3.8, 4) is 0 Å². The Hall–Kier alpha value is -1.93. The van der Waals surface area contributed by atoms with E-state index in [9.17, 15) is 30.4 Å². The van der Waals surface area contributed by atoms with Crippen LogP contribution in [0.2, 0.25) is 5.02 Å². The van der Waals surface area contributed by atoms with Crippen LogP contribution in [0, 0.1) is 29.1 Å². The predicted molar refractivity (Wildman–Crippen MR) is 79.3 cm³/mol. The highest BCUT2D eigenvalue weighted by Gasteiger charge is 2.27. The molecule has 9 heteroatoms. The Morgan fingerprint density at radius 2 is 1.29 bits per heavy atom. The highest BCUT2D eigenvalue weighted by molar-refractivity contribution is 7.93. The van der Waals surface area contributed by atoms with Crippen LogP contribution in [0.25, 0.3) is 6.08 Å². The van der Waals surface area contributed by atoms with E-state index in [2.05, 4.69) is 0 Å². The minimum atomic E-state index is -4.28. The van der Waals surface area contributed by atoms with Gasteiger partial charge in [-0.25, -0.2) is 30.4 Å². The van der Waals surface area contributed by atoms with Gasteiger partial charge in [-0.2, -0.15) is 0 Å². The third-order valence-corrected chi connectivity index (χ3v) is 4.48. The molecule has 0 heterocycles. The fraction of sp³-hybridized carbons (Fsp3) is 0.0667. The summed E-state index contributed by atoms with van der Waals surface area (Å²) in [6, 6.07) is 5.93. The van der Waals surface area contributed by atoms with Crippen LogP contribution in [0.1, 0.15) is 11.1 Å². The van der Waals surface area contributed by atoms with Gasteiger partial charge < -0.3 is 0 Å². The van der Waals surface area contributed by atoms with Crippen LogP contribution in [0.3, 0.4) is 0 Å². The minimum absolute atomic E-state index is 0.413. The van der Waals surface area contributed by atoms with Crippen molar-refractivity contribution < 1.29 is 30.4 Å². The van der Waals surface area contributed by atoms with E-state index in [0.717, 1.165) is 6.08 Å². The molecule has 24 heavy (non-hydrogen) atoms. The van der Waals surface area contributed by atoms with Crippen molar-refractivity contribution in [1.82, 2.24) is 0 Å². The summed E-state index contributed by atoms with van der Waals surface area (Å²) in [5.74, 6) is -12.4. The summed E-state index contributed by atoms with van der Waals surface area (Å²) >= 11 is 5.66. The smallest absolute Gasteiger partial charge is 0.200 e. The second kappa shape index (κ2) is 6.90. The molecule has 0 amide bonds. The number of rotatable bonds is 4. The molecule has 0 atom stereocenters. The second-order valence-electron chi connectivity index (χ2n) is 4.71. The van der Waals surface area contributed by atoms with Crippen molar-refractivity contribution in [2.45, 2.75) is 5.75 Å². The first-order valence-electron chi connectivity index (χ1n) is 6.29. The topological polar surface area (TPSA) is 34.1 Å². The molecule has 0 fully saturated rings. The lowest BCUT2D eigenvalue weighted by Crippen LogP contribution is -2.11. The van der Waals surface area contributed by atoms with Crippen LogP contribution < -0.4 is 0 Å². The Kier molecular flexibility index (Phi) is 5.29. The van der Waals surface area contributed by atoms with E-state index in [4.69, 9.17) is 11.6 Å². The number of hydrogen-bond acceptors (Lipinski definition) is 2. The normalized spacial score (nSPS) is 12.1. The van der Waals surface area contributed by atoms with Gasteiger partial charge in [0, 0.05) is 16.0 Å². The molecule has 2 aromatic rings. The summed E-state index contributed by atoms with van der Waals surface area (Å²) in [6.45, 7) is 0. The molecule has 0 bridgehead atoms. The Morgan fingerprint density at radius 3 is 1.79 bits per heavy atom. The Balaban J connectivity index is 2.35. The summed E-state index contributed by atoms with van der Waals surface area (Å²) in [5, 5.41) is 1.03. The van der Waals surface area contributed by atoms with Gasteiger partial charge in [0.2, 0.25) is 5.82 Å². The Labute approximate surface area is 139 Å². The van der Waals surface area contributed by atoms with E-state index in [1.165, 1.54) is 24.3 Å². The fourth-order valence-corrected chi connectivity index (χ4v) is 3.03. The maximum absolute atomic E-state index is 13.5. The van der Waals surface area contributed by atoms with Crippen molar-refractivity contribution in [3.05, 3.63) is 74.9 Å². The average molecular weight is 383 g/mol. The van der Waals surface area contributed by atoms with Gasteiger partial charge in [-0.1, -0.05) is 23.7 Å². The number of hydrogen-bond donors (Lipinski definition) is 0. The second-order valence-corrected chi connectivity index (χ2v) is 7.03. The SMILES string of the molecule is O=S(=O)(/C=C/c1ccc(Cl)cc1)Cc1c(F)c(F)c(F)c(F)c1F. The molecule has 0 spiro atoms. The molecule has 0 N–H and O–H groups in total. The van der Waals surface area contributed by atoms with Crippen LogP contribution in [-0.4, -0.2) is 8.42 Å². The van der Waals surface area contributed by atoms with Gasteiger partial charge in [-0.15, -0.1) is 0 Å². The minimum Gasteiger partial charge on any atom is -0.224 e. The van der Waals surface area contributed by atoms with E-state index in [0.29, 0.717) is 16.0 Å². The molecule has 0 aliphatic rings. The molecular weight excluding hydrogens is 375 g/mol. The summed E-state index contributed by atoms with van der Waals surface area (Å²) < 4.78 is 89.9. The van der Waals surface area contributed by atoms with E-state index < -0.39 is 50.2 Å². The first-order chi connectivity index (χ1) is 11.1. The lowest BCUT2D eigenvalue weighted by molar-refractivity contribution is 0.372. The fourth-order valence-electron chi connectivity index (χ4n) is 1.78. The maximum Gasteiger partial charge on any atom is 0.200 e. The molecule has 2 rings (SSSR count). The summed E-state index contributed by atoms with van der Waals surface area (Å²) in [6.07, 6.45) is 1.11. The van der Waals surface area contributed by atoms with Crippen molar-refractivity contribution in [2.75, 3.05) is 0 Å². The quantitative estimate of drug-likeness (QED) is 0.439. The highest BCUT2D eigenvalue weighted by atomic mass is 35.5. The van der Waals surface area contributed by atoms with E-state index >= 15 is 0 Å². The molecule has 0 aromatic heterocycles. The Morgan fingerprint density at radius 1 is 0.833 bits per heavy atom. The van der Waals surface area contributed by atoms with Crippen molar-refractivity contribution in [1.29, 1.82) is 0 Å². The first kappa shape index (κ1) is 18.4. The Bertz CT molecular complexity index is 879. The van der Waals surface area contributed by atoms with Crippen molar-refractivity contribution in [2.24, 2.45) is 0 Å². The van der Waals surface area contributed by atoms with Gasteiger partial charge >= 0.3 is 0 Å². The van der Waals surface area contributed by atoms with E-state index in [1.807, 2.05) is 0 Å². The van der Waals surface area contributed by atoms with Gasteiger partial charge in [-0.3, -0.25) is 0 Å². The number of sulfone groups is 1. The third-order valence-electron chi connectivity index (χ3n) is 2.98. The van der Waals surface area contributed by atoms with Crippen LogP contribution in [0.4, 0.5) is 22.0 Å². The zero-order chi connectivity index (χ0) is 18.1. The van der Waals surface area contributed by atoms with Crippen molar-refractivity contribution >= 4 is 27.5 Å². The van der Waals surface area contributed by atoms with Crippen LogP contribution in [-0.2, 0) is 15.6 Å². The molecule has 0 unspecified atom stereocenters. The van der Waals surface area contributed by atoms with Gasteiger partial charge in [-0.05, 0) is 23.8 Å². The van der Waals surface area contributed by atoms with Crippen LogP contribution in [0.15, 0.2) is 29.7 Å². The van der Waals surface area contributed by atoms with E-state index in [-0.39, 0.29) is 0 Å². The highest BCUT2D eigenvalue weighted by Crippen LogP contribution is 2.25. The summed E-state index contributed by atoms with van der Waals surface area (Å²) in [7, 11) is -4.28. The maximum atomic E-state index is 13.5. The standard InChI is InChI=1S/C15H8ClF5O2S/c16-9-3-1-8(2-4-9)5-6-24(22,23)7-10-11(17)13(19)15(21)14(20)12(10)18/h1-6H,7H2/b6-5+. The zero-order valence-corrected chi connectivity index (χ0v) is 13.2. The van der Waals surface area contributed by atoms with E-state index in [1.54, 1.807) is 0 Å². The lowest BCUT2D eigenvalue weighted by atomic mass is 10.2. The molecule has 0 saturated heterocycles. The van der Waals surface area contributed by atoms with Crippen LogP contribution in [0.5, 0.6) is 0 Å². The zero-order valence-electron chi connectivity index (χ0n) is 11.7. The molecule has 0 radical (unpaired) electrons. The molecule has 0 aliphatic carbocycles. The molecule has 0 aliphatic heterocycles. The van der Waals surface area contributed by atoms with Gasteiger partial charge in [0.15, 0.2) is 33.1 Å².